The van der Waals surface area contributed by atoms with Crippen LogP contribution in [0.1, 0.15) is 67.2 Å². The molecule has 29 heavy (non-hydrogen) atoms. The first kappa shape index (κ1) is 24.7. The van der Waals surface area contributed by atoms with E-state index in [1.165, 1.54) is 16.8 Å². The average molecular weight is 414 g/mol. The van der Waals surface area contributed by atoms with Crippen molar-refractivity contribution >= 4 is 23.9 Å². The number of hydrogen-bond donors (Lipinski definition) is 2. The molecule has 0 radical (unpaired) electrons. The molecule has 0 aromatic heterocycles. The van der Waals surface area contributed by atoms with Gasteiger partial charge in [-0.2, -0.15) is 0 Å². The quantitative estimate of drug-likeness (QED) is 0.659. The van der Waals surface area contributed by atoms with Crippen LogP contribution >= 0.6 is 0 Å². The van der Waals surface area contributed by atoms with E-state index in [2.05, 4.69) is 5.32 Å². The number of likely N-dealkylation sites (tertiary alicyclic amines) is 1. The van der Waals surface area contributed by atoms with Crippen LogP contribution in [-0.2, 0) is 19.1 Å². The van der Waals surface area contributed by atoms with Crippen molar-refractivity contribution in [3.63, 3.8) is 0 Å². The fourth-order valence-corrected chi connectivity index (χ4v) is 3.28. The topological polar surface area (TPSA) is 116 Å². The van der Waals surface area contributed by atoms with Crippen molar-refractivity contribution in [3.8, 4) is 0 Å². The number of rotatable bonds is 7. The van der Waals surface area contributed by atoms with Gasteiger partial charge in [-0.15, -0.1) is 0 Å². The van der Waals surface area contributed by atoms with E-state index >= 15 is 0 Å². The summed E-state index contributed by atoms with van der Waals surface area (Å²) in [5.74, 6) is -1.93. The minimum absolute atomic E-state index is 0.207. The maximum atomic E-state index is 13.1. The van der Waals surface area contributed by atoms with E-state index in [1.807, 2.05) is 13.8 Å². The zero-order valence-electron chi connectivity index (χ0n) is 18.5. The second kappa shape index (κ2) is 9.93. The van der Waals surface area contributed by atoms with E-state index in [-0.39, 0.29) is 6.04 Å². The van der Waals surface area contributed by atoms with Gasteiger partial charge in [-0.25, -0.2) is 9.59 Å². The molecule has 1 rings (SSSR count). The van der Waals surface area contributed by atoms with E-state index in [0.29, 0.717) is 25.7 Å². The van der Waals surface area contributed by atoms with Gasteiger partial charge in [-0.3, -0.25) is 14.5 Å². The van der Waals surface area contributed by atoms with E-state index in [4.69, 9.17) is 4.74 Å². The molecule has 1 aliphatic rings. The molecule has 0 saturated carbocycles. The lowest BCUT2D eigenvalue weighted by Crippen LogP contribution is -2.56. The summed E-state index contributed by atoms with van der Waals surface area (Å²) in [5.41, 5.74) is -0.694. The number of nitrogens with zero attached hydrogens (tertiary/aromatic N) is 2. The molecule has 2 N–H and O–H groups in total. The van der Waals surface area contributed by atoms with Crippen LogP contribution < -0.4 is 5.32 Å². The number of likely N-dealkylation sites (N-methyl/N-ethyl adjacent to an activating group) is 1. The van der Waals surface area contributed by atoms with E-state index in [9.17, 15) is 24.3 Å². The number of ether oxygens (including phenoxy) is 1. The molecule has 166 valence electrons. The Morgan fingerprint density at radius 2 is 1.83 bits per heavy atom. The van der Waals surface area contributed by atoms with Gasteiger partial charge in [0.1, 0.15) is 23.7 Å². The van der Waals surface area contributed by atoms with Gasteiger partial charge < -0.3 is 20.1 Å². The first-order valence-corrected chi connectivity index (χ1v) is 10.1. The lowest BCUT2D eigenvalue weighted by molar-refractivity contribution is -0.151. The Kier molecular flexibility index (Phi) is 8.47. The number of nitrogens with one attached hydrogen (secondary N) is 1. The van der Waals surface area contributed by atoms with E-state index in [1.54, 1.807) is 27.7 Å². The molecular weight excluding hydrogens is 378 g/mol. The monoisotopic (exact) mass is 413 g/mol. The molecule has 0 aromatic rings. The number of carbonyl (C=O) groups is 4. The van der Waals surface area contributed by atoms with Crippen LogP contribution in [0, 0.1) is 0 Å². The highest BCUT2D eigenvalue weighted by Crippen LogP contribution is 2.25. The van der Waals surface area contributed by atoms with Crippen molar-refractivity contribution in [2.75, 3.05) is 7.05 Å². The van der Waals surface area contributed by atoms with Gasteiger partial charge in [-0.1, -0.05) is 13.3 Å². The average Bonchev–Trinajstić information content (AvgIpc) is 2.99. The van der Waals surface area contributed by atoms with Crippen molar-refractivity contribution in [3.05, 3.63) is 0 Å². The minimum Gasteiger partial charge on any atom is -0.480 e. The Morgan fingerprint density at radius 3 is 2.31 bits per heavy atom. The lowest BCUT2D eigenvalue weighted by atomic mass is 10.1. The Hall–Kier alpha value is -2.32. The normalized spacial score (nSPS) is 21.3. The smallest absolute Gasteiger partial charge is 0.410 e. The fourth-order valence-electron chi connectivity index (χ4n) is 3.28. The molecule has 0 bridgehead atoms. The molecule has 9 heteroatoms. The Bertz CT molecular complexity index is 630. The number of aliphatic carboxylic acids is 1. The van der Waals surface area contributed by atoms with E-state index in [0.717, 1.165) is 0 Å². The zero-order chi connectivity index (χ0) is 22.5. The predicted molar refractivity (Wildman–Crippen MR) is 107 cm³/mol. The van der Waals surface area contributed by atoms with Crippen LogP contribution in [0.15, 0.2) is 0 Å². The molecule has 9 nitrogen and oxygen atoms in total. The largest absolute Gasteiger partial charge is 0.480 e. The summed E-state index contributed by atoms with van der Waals surface area (Å²) in [5, 5.41) is 12.1. The van der Waals surface area contributed by atoms with Gasteiger partial charge in [0, 0.05) is 13.1 Å². The Balaban J connectivity index is 2.89. The Morgan fingerprint density at radius 1 is 1.24 bits per heavy atom. The lowest BCUT2D eigenvalue weighted by Gasteiger charge is -2.32. The molecule has 1 aliphatic heterocycles. The van der Waals surface area contributed by atoms with Crippen LogP contribution in [0.3, 0.4) is 0 Å². The Labute approximate surface area is 172 Å². The van der Waals surface area contributed by atoms with Crippen LogP contribution in [0.25, 0.3) is 0 Å². The molecule has 0 unspecified atom stereocenters. The third-order valence-electron chi connectivity index (χ3n) is 5.04. The molecule has 0 spiro atoms. The molecule has 0 aliphatic carbocycles. The highest BCUT2D eigenvalue weighted by Gasteiger charge is 2.41. The highest BCUT2D eigenvalue weighted by molar-refractivity contribution is 5.93. The summed E-state index contributed by atoms with van der Waals surface area (Å²) < 4.78 is 5.27. The molecule has 4 atom stereocenters. The standard InChI is InChI=1S/C20H35N3O6/c1-8-9-14(17(25)23-12(2)10-11-15(23)18(26)27)21-16(24)13(3)22(7)19(28)29-20(4,5)6/h12-15H,8-11H2,1-7H3,(H,21,24)(H,26,27)/t12-,13-,14-,15-/m0/s1. The van der Waals surface area contributed by atoms with Gasteiger partial charge in [0.05, 0.1) is 0 Å². The van der Waals surface area contributed by atoms with Crippen LogP contribution in [0.4, 0.5) is 4.79 Å². The van der Waals surface area contributed by atoms with Gasteiger partial charge in [0.15, 0.2) is 0 Å². The number of carboxylic acids is 1. The fraction of sp³-hybridized carbons (Fsp3) is 0.800. The maximum absolute atomic E-state index is 13.1. The summed E-state index contributed by atoms with van der Waals surface area (Å²) in [4.78, 5) is 52.0. The highest BCUT2D eigenvalue weighted by atomic mass is 16.6. The summed E-state index contributed by atoms with van der Waals surface area (Å²) in [6.45, 7) is 10.4. The molecule has 1 fully saturated rings. The summed E-state index contributed by atoms with van der Waals surface area (Å²) in [7, 11) is 1.46. The number of amides is 3. The second-order valence-electron chi connectivity index (χ2n) is 8.64. The third kappa shape index (κ3) is 6.61. The van der Waals surface area contributed by atoms with Gasteiger partial charge in [-0.05, 0) is 53.9 Å². The van der Waals surface area contributed by atoms with Crippen LogP contribution in [0.2, 0.25) is 0 Å². The van der Waals surface area contributed by atoms with Crippen molar-refractivity contribution in [1.82, 2.24) is 15.1 Å². The van der Waals surface area contributed by atoms with Gasteiger partial charge in [0.2, 0.25) is 11.8 Å². The van der Waals surface area contributed by atoms with Crippen molar-refractivity contribution in [2.45, 2.75) is 97.0 Å². The maximum Gasteiger partial charge on any atom is 0.410 e. The summed E-state index contributed by atoms with van der Waals surface area (Å²) in [6, 6.07) is -2.79. The first-order chi connectivity index (χ1) is 13.3. The van der Waals surface area contributed by atoms with Crippen molar-refractivity contribution in [1.29, 1.82) is 0 Å². The van der Waals surface area contributed by atoms with Gasteiger partial charge >= 0.3 is 12.1 Å². The number of carboxylic acid groups (broad SMARTS) is 1. The van der Waals surface area contributed by atoms with Crippen LogP contribution in [-0.4, -0.2) is 75.6 Å². The molecule has 1 saturated heterocycles. The zero-order valence-corrected chi connectivity index (χ0v) is 18.5. The van der Waals surface area contributed by atoms with Crippen molar-refractivity contribution < 1.29 is 29.0 Å². The second-order valence-corrected chi connectivity index (χ2v) is 8.64. The molecule has 3 amide bonds. The minimum atomic E-state index is -1.04. The summed E-state index contributed by atoms with van der Waals surface area (Å²) >= 11 is 0. The molecule has 0 aromatic carbocycles. The molecule has 1 heterocycles. The first-order valence-electron chi connectivity index (χ1n) is 10.1. The van der Waals surface area contributed by atoms with Gasteiger partial charge in [0.25, 0.3) is 0 Å². The van der Waals surface area contributed by atoms with Crippen molar-refractivity contribution in [2.24, 2.45) is 0 Å². The third-order valence-corrected chi connectivity index (χ3v) is 5.04. The number of hydrogen-bond acceptors (Lipinski definition) is 5. The predicted octanol–water partition coefficient (Wildman–Crippen LogP) is 1.99. The van der Waals surface area contributed by atoms with Crippen LogP contribution in [0.5, 0.6) is 0 Å². The summed E-state index contributed by atoms with van der Waals surface area (Å²) in [6.07, 6.45) is 1.37. The molecular formula is C20H35N3O6. The SMILES string of the molecule is CCC[C@H](NC(=O)[C@H](C)N(C)C(=O)OC(C)(C)C)C(=O)N1[C@@H](C)CC[C@H]1C(=O)O. The van der Waals surface area contributed by atoms with E-state index < -0.39 is 47.6 Å². The number of carbonyl (C=O) groups excluding carboxylic acids is 3.